The van der Waals surface area contributed by atoms with Gasteiger partial charge in [-0.15, -0.1) is 0 Å². The molecular weight excluding hydrogens is 500 g/mol. The lowest BCUT2D eigenvalue weighted by Gasteiger charge is -2.31. The Morgan fingerprint density at radius 2 is 1.64 bits per heavy atom. The SMILES string of the molecule is CCc1ccc(N2C(=O)C3C(c4ccc(C#N)cc4)NC(Cc4ccc([N+](=O)[O-])cc4)(C(=O)O)C3C2=O)cc1. The maximum absolute atomic E-state index is 14.0. The summed E-state index contributed by atoms with van der Waals surface area (Å²) in [6.45, 7) is 1.98. The van der Waals surface area contributed by atoms with Gasteiger partial charge in [-0.3, -0.25) is 29.8 Å². The number of carboxylic acids is 1. The molecule has 2 heterocycles. The van der Waals surface area contributed by atoms with Gasteiger partial charge in [0.2, 0.25) is 11.8 Å². The summed E-state index contributed by atoms with van der Waals surface area (Å²) < 4.78 is 0. The molecule has 10 nitrogen and oxygen atoms in total. The zero-order chi connectivity index (χ0) is 27.9. The second-order valence-corrected chi connectivity index (χ2v) is 9.77. The number of non-ortho nitro benzene ring substituents is 1. The molecular formula is C29H24N4O6. The smallest absolute Gasteiger partial charge is 0.325 e. The fourth-order valence-corrected chi connectivity index (χ4v) is 5.68. The molecule has 196 valence electrons. The largest absolute Gasteiger partial charge is 0.480 e. The number of nitrogens with one attached hydrogen (secondary N) is 1. The molecule has 2 fully saturated rings. The summed E-state index contributed by atoms with van der Waals surface area (Å²) in [4.78, 5) is 52.5. The Morgan fingerprint density at radius 1 is 1.03 bits per heavy atom. The van der Waals surface area contributed by atoms with Crippen LogP contribution in [0.5, 0.6) is 0 Å². The number of fused-ring (bicyclic) bond motifs is 1. The molecule has 3 aromatic carbocycles. The van der Waals surface area contributed by atoms with Crippen LogP contribution in [0, 0.1) is 33.3 Å². The molecule has 0 spiro atoms. The van der Waals surface area contributed by atoms with Gasteiger partial charge in [0.25, 0.3) is 5.69 Å². The summed E-state index contributed by atoms with van der Waals surface area (Å²) in [5.41, 5.74) is 0.795. The first-order chi connectivity index (χ1) is 18.7. The van der Waals surface area contributed by atoms with E-state index in [1.807, 2.05) is 25.1 Å². The molecule has 2 aliphatic heterocycles. The average Bonchev–Trinajstić information content (AvgIpc) is 3.42. The molecule has 0 saturated carbocycles. The number of carboxylic acid groups (broad SMARTS) is 1. The third kappa shape index (κ3) is 4.23. The Balaban J connectivity index is 1.62. The summed E-state index contributed by atoms with van der Waals surface area (Å²) in [5.74, 6) is -4.71. The van der Waals surface area contributed by atoms with Gasteiger partial charge in [-0.1, -0.05) is 43.3 Å². The molecule has 5 rings (SSSR count). The maximum Gasteiger partial charge on any atom is 0.325 e. The number of anilines is 1. The zero-order valence-electron chi connectivity index (χ0n) is 20.9. The van der Waals surface area contributed by atoms with E-state index in [-0.39, 0.29) is 12.1 Å². The molecule has 0 radical (unpaired) electrons. The first-order valence-electron chi connectivity index (χ1n) is 12.4. The lowest BCUT2D eigenvalue weighted by Crippen LogP contribution is -2.57. The van der Waals surface area contributed by atoms with Crippen LogP contribution in [0.1, 0.15) is 35.2 Å². The minimum atomic E-state index is -1.87. The third-order valence-electron chi connectivity index (χ3n) is 7.67. The second-order valence-electron chi connectivity index (χ2n) is 9.77. The number of amides is 2. The molecule has 4 unspecified atom stereocenters. The van der Waals surface area contributed by atoms with Crippen molar-refractivity contribution in [1.82, 2.24) is 5.32 Å². The minimum Gasteiger partial charge on any atom is -0.480 e. The average molecular weight is 525 g/mol. The number of carbonyl (C=O) groups is 3. The molecule has 4 atom stereocenters. The van der Waals surface area contributed by atoms with Gasteiger partial charge in [-0.05, 0) is 47.4 Å². The van der Waals surface area contributed by atoms with Crippen molar-refractivity contribution in [2.45, 2.75) is 31.3 Å². The van der Waals surface area contributed by atoms with Gasteiger partial charge in [0.05, 0.1) is 34.1 Å². The predicted molar refractivity (Wildman–Crippen MR) is 139 cm³/mol. The van der Waals surface area contributed by atoms with Crippen LogP contribution < -0.4 is 10.2 Å². The van der Waals surface area contributed by atoms with Crippen LogP contribution in [0.2, 0.25) is 0 Å². The first kappa shape index (κ1) is 25.8. The second kappa shape index (κ2) is 9.78. The number of aliphatic carboxylic acids is 1. The van der Waals surface area contributed by atoms with Crippen molar-refractivity contribution in [3.63, 3.8) is 0 Å². The normalized spacial score (nSPS) is 23.9. The lowest BCUT2D eigenvalue weighted by molar-refractivity contribution is -0.384. The van der Waals surface area contributed by atoms with Crippen LogP contribution in [0.25, 0.3) is 0 Å². The molecule has 10 heteroatoms. The van der Waals surface area contributed by atoms with Gasteiger partial charge in [-0.2, -0.15) is 5.26 Å². The van der Waals surface area contributed by atoms with Gasteiger partial charge < -0.3 is 5.11 Å². The monoisotopic (exact) mass is 524 g/mol. The Bertz CT molecular complexity index is 1510. The van der Waals surface area contributed by atoms with Crippen molar-refractivity contribution in [2.75, 3.05) is 4.90 Å². The third-order valence-corrected chi connectivity index (χ3v) is 7.67. The summed E-state index contributed by atoms with van der Waals surface area (Å²) >= 11 is 0. The number of hydrogen-bond acceptors (Lipinski definition) is 7. The molecule has 0 bridgehead atoms. The number of rotatable bonds is 7. The molecule has 2 N–H and O–H groups in total. The van der Waals surface area contributed by atoms with Gasteiger partial charge in [0.15, 0.2) is 0 Å². The highest BCUT2D eigenvalue weighted by atomic mass is 16.6. The van der Waals surface area contributed by atoms with E-state index in [4.69, 9.17) is 0 Å². The van der Waals surface area contributed by atoms with Gasteiger partial charge in [0, 0.05) is 24.6 Å². The Labute approximate surface area is 223 Å². The van der Waals surface area contributed by atoms with Crippen LogP contribution in [0.4, 0.5) is 11.4 Å². The zero-order valence-corrected chi connectivity index (χ0v) is 20.9. The van der Waals surface area contributed by atoms with Crippen molar-refractivity contribution in [2.24, 2.45) is 11.8 Å². The van der Waals surface area contributed by atoms with Crippen molar-refractivity contribution >= 4 is 29.2 Å². The first-order valence-corrected chi connectivity index (χ1v) is 12.4. The Hall–Kier alpha value is -4.88. The minimum absolute atomic E-state index is 0.148. The predicted octanol–water partition coefficient (Wildman–Crippen LogP) is 3.55. The molecule has 2 saturated heterocycles. The highest BCUT2D eigenvalue weighted by Crippen LogP contribution is 2.51. The highest BCUT2D eigenvalue weighted by Gasteiger charge is 2.68. The quantitative estimate of drug-likeness (QED) is 0.270. The number of imide groups is 1. The summed E-state index contributed by atoms with van der Waals surface area (Å²) in [6, 6.07) is 20.1. The molecule has 2 amide bonds. The van der Waals surface area contributed by atoms with Crippen LogP contribution >= 0.6 is 0 Å². The number of nitrogens with zero attached hydrogens (tertiary/aromatic N) is 3. The van der Waals surface area contributed by atoms with Crippen LogP contribution in [-0.2, 0) is 27.2 Å². The Kier molecular flexibility index (Phi) is 6.46. The standard InChI is InChI=1S/C29H24N4O6/c1-2-17-5-11-21(12-6-17)32-26(34)23-24(27(32)35)29(28(36)37,15-18-7-13-22(14-8-18)33(38)39)31-25(23)20-9-3-19(16-30)4-10-20/h3-14,23-25,31H,2,15H2,1H3,(H,36,37). The van der Waals surface area contributed by atoms with E-state index < -0.39 is 46.1 Å². The molecule has 0 aliphatic carbocycles. The summed E-state index contributed by atoms with van der Waals surface area (Å²) in [5, 5.41) is 34.0. The number of aryl methyl sites for hydroxylation is 1. The van der Waals surface area contributed by atoms with Crippen LogP contribution in [0.15, 0.2) is 72.8 Å². The molecule has 3 aromatic rings. The van der Waals surface area contributed by atoms with E-state index in [0.29, 0.717) is 22.4 Å². The summed E-state index contributed by atoms with van der Waals surface area (Å²) in [7, 11) is 0. The van der Waals surface area contributed by atoms with Crippen molar-refractivity contribution in [1.29, 1.82) is 5.26 Å². The van der Waals surface area contributed by atoms with E-state index in [0.717, 1.165) is 16.9 Å². The maximum atomic E-state index is 14.0. The number of nitro benzene ring substituents is 1. The number of hydrogen-bond donors (Lipinski definition) is 2. The topological polar surface area (TPSA) is 154 Å². The van der Waals surface area contributed by atoms with Gasteiger partial charge >= 0.3 is 5.97 Å². The molecule has 0 aromatic heterocycles. The van der Waals surface area contributed by atoms with E-state index in [2.05, 4.69) is 5.32 Å². The van der Waals surface area contributed by atoms with Crippen molar-refractivity contribution < 1.29 is 24.4 Å². The number of benzene rings is 3. The number of nitriles is 1. The van der Waals surface area contributed by atoms with E-state index >= 15 is 0 Å². The highest BCUT2D eigenvalue weighted by molar-refractivity contribution is 6.24. The van der Waals surface area contributed by atoms with E-state index in [1.54, 1.807) is 36.4 Å². The van der Waals surface area contributed by atoms with Crippen molar-refractivity contribution in [3.8, 4) is 6.07 Å². The molecule has 39 heavy (non-hydrogen) atoms. The number of carbonyl (C=O) groups excluding carboxylic acids is 2. The lowest BCUT2D eigenvalue weighted by atomic mass is 9.76. The van der Waals surface area contributed by atoms with E-state index in [1.165, 1.54) is 24.3 Å². The Morgan fingerprint density at radius 3 is 2.18 bits per heavy atom. The van der Waals surface area contributed by atoms with Gasteiger partial charge in [-0.25, -0.2) is 4.90 Å². The van der Waals surface area contributed by atoms with Crippen molar-refractivity contribution in [3.05, 3.63) is 105 Å². The summed E-state index contributed by atoms with van der Waals surface area (Å²) in [6.07, 6.45) is 0.589. The number of nitro groups is 1. The fraction of sp³-hybridized carbons (Fsp3) is 0.241. The van der Waals surface area contributed by atoms with E-state index in [9.17, 15) is 34.9 Å². The fourth-order valence-electron chi connectivity index (χ4n) is 5.68. The van der Waals surface area contributed by atoms with Gasteiger partial charge in [0.1, 0.15) is 5.54 Å². The van der Waals surface area contributed by atoms with Crippen LogP contribution in [-0.4, -0.2) is 33.4 Å². The van der Waals surface area contributed by atoms with Crippen LogP contribution in [0.3, 0.4) is 0 Å². The molecule has 2 aliphatic rings.